The minimum Gasteiger partial charge on any atom is -0.379 e. The molecule has 0 unspecified atom stereocenters. The number of hydrogen-bond donors (Lipinski definition) is 1. The molecular formula is C18H26N2O2. The first-order valence-corrected chi connectivity index (χ1v) is 8.21. The molecule has 0 radical (unpaired) electrons. The minimum absolute atomic E-state index is 0.0355. The van der Waals surface area contributed by atoms with E-state index in [9.17, 15) is 4.79 Å². The fourth-order valence-corrected chi connectivity index (χ4v) is 3.28. The van der Waals surface area contributed by atoms with Crippen LogP contribution in [0, 0.1) is 0 Å². The molecule has 120 valence electrons. The van der Waals surface area contributed by atoms with Crippen molar-refractivity contribution in [3.8, 4) is 0 Å². The number of nitrogens with zero attached hydrogens (tertiary/aromatic N) is 1. The molecular weight excluding hydrogens is 276 g/mol. The Balaban J connectivity index is 1.60. The van der Waals surface area contributed by atoms with Crippen LogP contribution in [-0.4, -0.2) is 49.2 Å². The quantitative estimate of drug-likeness (QED) is 0.904. The lowest BCUT2D eigenvalue weighted by Crippen LogP contribution is -2.56. The molecule has 1 amide bonds. The molecule has 1 heterocycles. The lowest BCUT2D eigenvalue weighted by Gasteiger charge is -2.41. The van der Waals surface area contributed by atoms with Crippen molar-refractivity contribution in [3.63, 3.8) is 0 Å². The number of nitrogens with one attached hydrogen (secondary N) is 1. The second-order valence-corrected chi connectivity index (χ2v) is 7.04. The third-order valence-electron chi connectivity index (χ3n) is 5.06. The number of amides is 1. The Kier molecular flexibility index (Phi) is 4.24. The van der Waals surface area contributed by atoms with E-state index in [2.05, 4.69) is 36.2 Å². The summed E-state index contributed by atoms with van der Waals surface area (Å²) >= 11 is 0. The van der Waals surface area contributed by atoms with Gasteiger partial charge in [0.1, 0.15) is 0 Å². The standard InChI is InChI=1S/C18H26N2O2/c1-17(2,20-10-12-22-13-11-20)14-19-16(21)18(8-9-18)15-6-4-3-5-7-15/h3-7H,8-14H2,1-2H3,(H,19,21). The molecule has 1 saturated heterocycles. The molecule has 22 heavy (non-hydrogen) atoms. The van der Waals surface area contributed by atoms with Gasteiger partial charge in [-0.2, -0.15) is 0 Å². The molecule has 0 atom stereocenters. The van der Waals surface area contributed by atoms with Crippen LogP contribution in [0.2, 0.25) is 0 Å². The van der Waals surface area contributed by atoms with E-state index in [1.807, 2.05) is 18.2 Å². The van der Waals surface area contributed by atoms with E-state index in [0.29, 0.717) is 6.54 Å². The molecule has 0 aromatic heterocycles. The zero-order chi connectivity index (χ0) is 15.6. The summed E-state index contributed by atoms with van der Waals surface area (Å²) in [5, 5.41) is 3.20. The van der Waals surface area contributed by atoms with Crippen molar-refractivity contribution in [2.24, 2.45) is 0 Å². The predicted octanol–water partition coefficient (Wildman–Crippen LogP) is 1.95. The topological polar surface area (TPSA) is 41.6 Å². The van der Waals surface area contributed by atoms with Gasteiger partial charge in [-0.25, -0.2) is 0 Å². The van der Waals surface area contributed by atoms with Crippen molar-refractivity contribution in [1.82, 2.24) is 10.2 Å². The molecule has 1 saturated carbocycles. The summed E-state index contributed by atoms with van der Waals surface area (Å²) in [6.07, 6.45) is 1.92. The minimum atomic E-state index is -0.275. The summed E-state index contributed by atoms with van der Waals surface area (Å²) in [4.78, 5) is 15.1. The molecule has 3 rings (SSSR count). The molecule has 1 aromatic rings. The van der Waals surface area contributed by atoms with Gasteiger partial charge in [0.25, 0.3) is 0 Å². The average Bonchev–Trinajstić information content (AvgIpc) is 3.36. The van der Waals surface area contributed by atoms with Crippen LogP contribution in [0.15, 0.2) is 30.3 Å². The zero-order valence-electron chi connectivity index (χ0n) is 13.6. The lowest BCUT2D eigenvalue weighted by atomic mass is 9.94. The van der Waals surface area contributed by atoms with Gasteiger partial charge in [0.05, 0.1) is 18.6 Å². The van der Waals surface area contributed by atoms with E-state index in [1.54, 1.807) is 0 Å². The third-order valence-corrected chi connectivity index (χ3v) is 5.06. The Labute approximate surface area is 132 Å². The van der Waals surface area contributed by atoms with E-state index >= 15 is 0 Å². The van der Waals surface area contributed by atoms with Crippen molar-refractivity contribution in [2.75, 3.05) is 32.8 Å². The molecule has 1 aromatic carbocycles. The largest absolute Gasteiger partial charge is 0.379 e. The summed E-state index contributed by atoms with van der Waals surface area (Å²) in [6.45, 7) is 8.51. The molecule has 1 N–H and O–H groups in total. The summed E-state index contributed by atoms with van der Waals surface area (Å²) in [7, 11) is 0. The highest BCUT2D eigenvalue weighted by Crippen LogP contribution is 2.48. The van der Waals surface area contributed by atoms with E-state index in [0.717, 1.165) is 44.7 Å². The van der Waals surface area contributed by atoms with Gasteiger partial charge in [-0.3, -0.25) is 9.69 Å². The second-order valence-electron chi connectivity index (χ2n) is 7.04. The van der Waals surface area contributed by atoms with Crippen LogP contribution >= 0.6 is 0 Å². The molecule has 4 nitrogen and oxygen atoms in total. The Morgan fingerprint density at radius 2 is 1.86 bits per heavy atom. The van der Waals surface area contributed by atoms with Gasteiger partial charge in [0, 0.05) is 25.2 Å². The summed E-state index contributed by atoms with van der Waals surface area (Å²) in [6, 6.07) is 10.2. The Morgan fingerprint density at radius 1 is 1.23 bits per heavy atom. The van der Waals surface area contributed by atoms with Crippen LogP contribution in [0.25, 0.3) is 0 Å². The molecule has 0 spiro atoms. The van der Waals surface area contributed by atoms with E-state index in [1.165, 1.54) is 0 Å². The summed E-state index contributed by atoms with van der Waals surface area (Å²) < 4.78 is 5.41. The van der Waals surface area contributed by atoms with Gasteiger partial charge < -0.3 is 10.1 Å². The van der Waals surface area contributed by atoms with Gasteiger partial charge in [-0.1, -0.05) is 30.3 Å². The number of benzene rings is 1. The van der Waals surface area contributed by atoms with Crippen molar-refractivity contribution >= 4 is 5.91 Å². The maximum Gasteiger partial charge on any atom is 0.230 e. The van der Waals surface area contributed by atoms with Crippen LogP contribution < -0.4 is 5.32 Å². The number of hydrogen-bond acceptors (Lipinski definition) is 3. The molecule has 2 fully saturated rings. The fourth-order valence-electron chi connectivity index (χ4n) is 3.28. The van der Waals surface area contributed by atoms with Gasteiger partial charge in [0.15, 0.2) is 0 Å². The Bertz CT molecular complexity index is 517. The zero-order valence-corrected chi connectivity index (χ0v) is 13.6. The van der Waals surface area contributed by atoms with Crippen molar-refractivity contribution in [2.45, 2.75) is 37.6 Å². The monoisotopic (exact) mass is 302 g/mol. The third kappa shape index (κ3) is 3.03. The lowest BCUT2D eigenvalue weighted by molar-refractivity contribution is -0.124. The normalized spacial score (nSPS) is 21.4. The number of morpholine rings is 1. The van der Waals surface area contributed by atoms with Crippen LogP contribution in [0.3, 0.4) is 0 Å². The van der Waals surface area contributed by atoms with Crippen molar-refractivity contribution < 1.29 is 9.53 Å². The van der Waals surface area contributed by atoms with Gasteiger partial charge in [-0.15, -0.1) is 0 Å². The van der Waals surface area contributed by atoms with Crippen LogP contribution in [0.5, 0.6) is 0 Å². The van der Waals surface area contributed by atoms with E-state index < -0.39 is 0 Å². The van der Waals surface area contributed by atoms with Crippen LogP contribution in [0.4, 0.5) is 0 Å². The molecule has 1 aliphatic heterocycles. The highest BCUT2D eigenvalue weighted by molar-refractivity contribution is 5.91. The van der Waals surface area contributed by atoms with Crippen LogP contribution in [-0.2, 0) is 14.9 Å². The second kappa shape index (κ2) is 6.01. The predicted molar refractivity (Wildman–Crippen MR) is 86.8 cm³/mol. The van der Waals surface area contributed by atoms with Gasteiger partial charge in [-0.05, 0) is 32.3 Å². The SMILES string of the molecule is CC(C)(CNC(=O)C1(c2ccccc2)CC1)N1CCOCC1. The molecule has 2 aliphatic rings. The van der Waals surface area contributed by atoms with Crippen molar-refractivity contribution in [1.29, 1.82) is 0 Å². The Hall–Kier alpha value is -1.39. The first-order chi connectivity index (χ1) is 10.5. The molecule has 0 bridgehead atoms. The average molecular weight is 302 g/mol. The Morgan fingerprint density at radius 3 is 2.45 bits per heavy atom. The van der Waals surface area contributed by atoms with Crippen LogP contribution in [0.1, 0.15) is 32.3 Å². The number of carbonyl (C=O) groups excluding carboxylic acids is 1. The highest BCUT2D eigenvalue weighted by atomic mass is 16.5. The van der Waals surface area contributed by atoms with E-state index in [4.69, 9.17) is 4.74 Å². The fraction of sp³-hybridized carbons (Fsp3) is 0.611. The maximum absolute atomic E-state index is 12.7. The summed E-state index contributed by atoms with van der Waals surface area (Å²) in [5.41, 5.74) is 0.839. The van der Waals surface area contributed by atoms with Gasteiger partial charge >= 0.3 is 0 Å². The highest BCUT2D eigenvalue weighted by Gasteiger charge is 2.51. The summed E-state index contributed by atoms with van der Waals surface area (Å²) in [5.74, 6) is 0.181. The first kappa shape index (κ1) is 15.5. The smallest absolute Gasteiger partial charge is 0.230 e. The molecule has 4 heteroatoms. The first-order valence-electron chi connectivity index (χ1n) is 8.21. The number of carbonyl (C=O) groups is 1. The van der Waals surface area contributed by atoms with E-state index in [-0.39, 0.29) is 16.9 Å². The number of ether oxygens (including phenoxy) is 1. The maximum atomic E-state index is 12.7. The van der Waals surface area contributed by atoms with Crippen molar-refractivity contribution in [3.05, 3.63) is 35.9 Å². The number of rotatable bonds is 5. The molecule has 1 aliphatic carbocycles. The van der Waals surface area contributed by atoms with Gasteiger partial charge in [0.2, 0.25) is 5.91 Å².